The van der Waals surface area contributed by atoms with Gasteiger partial charge >= 0.3 is 6.09 Å². The maximum Gasteiger partial charge on any atom is 0.410 e. The fraction of sp³-hybridized carbons (Fsp3) is 0.381. The van der Waals surface area contributed by atoms with Crippen molar-refractivity contribution in [2.24, 2.45) is 0 Å². The van der Waals surface area contributed by atoms with Crippen LogP contribution in [-0.2, 0) is 9.47 Å². The van der Waals surface area contributed by atoms with Crippen LogP contribution in [0, 0.1) is 5.82 Å². The third-order valence-electron chi connectivity index (χ3n) is 4.86. The second-order valence-electron chi connectivity index (χ2n) is 8.17. The fourth-order valence-corrected chi connectivity index (χ4v) is 3.99. The molecule has 3 heterocycles. The van der Waals surface area contributed by atoms with Crippen LogP contribution >= 0.6 is 23.2 Å². The van der Waals surface area contributed by atoms with E-state index in [0.29, 0.717) is 40.6 Å². The molecule has 3 aromatic rings. The molecular formula is C21H21Cl2FN4O3. The van der Waals surface area contributed by atoms with Crippen molar-refractivity contribution in [1.29, 1.82) is 0 Å². The van der Waals surface area contributed by atoms with Gasteiger partial charge in [-0.1, -0.05) is 29.3 Å². The zero-order valence-corrected chi connectivity index (χ0v) is 18.7. The summed E-state index contributed by atoms with van der Waals surface area (Å²) in [5.41, 5.74) is 0.608. The van der Waals surface area contributed by atoms with E-state index in [0.717, 1.165) is 0 Å². The number of ether oxygens (including phenoxy) is 2. The number of rotatable bonds is 2. The Labute approximate surface area is 188 Å². The third-order valence-corrected chi connectivity index (χ3v) is 5.44. The zero-order chi connectivity index (χ0) is 22.3. The molecule has 0 N–H and O–H groups in total. The van der Waals surface area contributed by atoms with Crippen LogP contribution in [0.3, 0.4) is 0 Å². The summed E-state index contributed by atoms with van der Waals surface area (Å²) in [6.45, 7) is 6.21. The van der Waals surface area contributed by atoms with Crippen molar-refractivity contribution < 1.29 is 18.7 Å². The van der Waals surface area contributed by atoms with Crippen LogP contribution in [-0.4, -0.2) is 50.9 Å². The van der Waals surface area contributed by atoms with Crippen molar-refractivity contribution in [3.8, 4) is 5.69 Å². The molecule has 0 bridgehead atoms. The number of hydrogen-bond acceptors (Lipinski definition) is 5. The molecule has 1 aliphatic rings. The number of fused-ring (bicyclic) bond motifs is 1. The molecular weight excluding hydrogens is 446 g/mol. The number of carbonyl (C=O) groups is 1. The van der Waals surface area contributed by atoms with Gasteiger partial charge in [0.05, 0.1) is 30.3 Å². The van der Waals surface area contributed by atoms with E-state index in [-0.39, 0.29) is 11.8 Å². The highest BCUT2D eigenvalue weighted by atomic mass is 35.5. The standard InChI is InChI=1S/C21H21Cl2FN4O3/c1-21(2,3)31-20(29)27-6-7-30-10-16(27)13-5-4-12(8-15(13)24)28-17(22)9-14-18(23)25-11-26-19(14)28/h4-5,8-9,11,16H,6-7,10H2,1-3H3. The van der Waals surface area contributed by atoms with Crippen molar-refractivity contribution in [2.45, 2.75) is 32.4 Å². The van der Waals surface area contributed by atoms with Crippen LogP contribution in [0.1, 0.15) is 32.4 Å². The van der Waals surface area contributed by atoms with Gasteiger partial charge in [-0.15, -0.1) is 0 Å². The van der Waals surface area contributed by atoms with Crippen molar-refractivity contribution in [2.75, 3.05) is 19.8 Å². The van der Waals surface area contributed by atoms with E-state index < -0.39 is 23.6 Å². The summed E-state index contributed by atoms with van der Waals surface area (Å²) in [7, 11) is 0. The molecule has 1 saturated heterocycles. The smallest absolute Gasteiger partial charge is 0.410 e. The molecule has 1 unspecified atom stereocenters. The minimum atomic E-state index is -0.655. The van der Waals surface area contributed by atoms with Crippen LogP contribution in [0.5, 0.6) is 0 Å². The number of morpholine rings is 1. The molecule has 1 atom stereocenters. The molecule has 7 nitrogen and oxygen atoms in total. The highest BCUT2D eigenvalue weighted by Crippen LogP contribution is 2.33. The van der Waals surface area contributed by atoms with Gasteiger partial charge in [0.2, 0.25) is 0 Å². The molecule has 1 amide bonds. The average Bonchev–Trinajstić information content (AvgIpc) is 3.04. The fourth-order valence-electron chi connectivity index (χ4n) is 3.52. The van der Waals surface area contributed by atoms with Crippen molar-refractivity contribution in [3.05, 3.63) is 52.3 Å². The largest absolute Gasteiger partial charge is 0.444 e. The predicted molar refractivity (Wildman–Crippen MR) is 115 cm³/mol. The van der Waals surface area contributed by atoms with Gasteiger partial charge in [-0.05, 0) is 39.0 Å². The van der Waals surface area contributed by atoms with E-state index in [1.807, 2.05) is 0 Å². The molecule has 0 radical (unpaired) electrons. The Balaban J connectivity index is 1.70. The van der Waals surface area contributed by atoms with Gasteiger partial charge in [-0.25, -0.2) is 19.2 Å². The number of aromatic nitrogens is 3. The van der Waals surface area contributed by atoms with E-state index in [1.54, 1.807) is 43.5 Å². The topological polar surface area (TPSA) is 69.5 Å². The summed E-state index contributed by atoms with van der Waals surface area (Å²) < 4.78 is 27.9. The van der Waals surface area contributed by atoms with Gasteiger partial charge in [-0.3, -0.25) is 9.47 Å². The van der Waals surface area contributed by atoms with E-state index >= 15 is 4.39 Å². The molecule has 2 aromatic heterocycles. The Hall–Kier alpha value is -2.42. The second kappa shape index (κ2) is 8.26. The average molecular weight is 467 g/mol. The summed E-state index contributed by atoms with van der Waals surface area (Å²) >= 11 is 12.5. The van der Waals surface area contributed by atoms with E-state index in [1.165, 1.54) is 17.3 Å². The molecule has 1 aliphatic heterocycles. The first-order valence-corrected chi connectivity index (χ1v) is 10.5. The Morgan fingerprint density at radius 1 is 1.26 bits per heavy atom. The number of amides is 1. The van der Waals surface area contributed by atoms with Gasteiger partial charge in [0.1, 0.15) is 28.1 Å². The molecule has 1 fully saturated rings. The maximum atomic E-state index is 15.3. The van der Waals surface area contributed by atoms with Gasteiger partial charge in [0, 0.05) is 12.1 Å². The summed E-state index contributed by atoms with van der Waals surface area (Å²) in [6.07, 6.45) is 0.815. The minimum absolute atomic E-state index is 0.172. The summed E-state index contributed by atoms with van der Waals surface area (Å²) in [4.78, 5) is 22.3. The van der Waals surface area contributed by atoms with E-state index in [2.05, 4.69) is 9.97 Å². The lowest BCUT2D eigenvalue weighted by Crippen LogP contribution is -2.46. The molecule has 0 spiro atoms. The Bertz CT molecular complexity index is 1150. The number of carbonyl (C=O) groups excluding carboxylic acids is 1. The highest BCUT2D eigenvalue weighted by Gasteiger charge is 2.33. The molecule has 1 aromatic carbocycles. The quantitative estimate of drug-likeness (QED) is 0.486. The highest BCUT2D eigenvalue weighted by molar-refractivity contribution is 6.36. The first kappa shape index (κ1) is 21.8. The normalized spacial score (nSPS) is 17.2. The summed E-state index contributed by atoms with van der Waals surface area (Å²) in [5, 5.41) is 1.14. The maximum absolute atomic E-state index is 15.3. The van der Waals surface area contributed by atoms with Crippen LogP contribution in [0.2, 0.25) is 10.3 Å². The number of hydrogen-bond donors (Lipinski definition) is 0. The summed E-state index contributed by atoms with van der Waals surface area (Å²) in [5.74, 6) is -0.500. The predicted octanol–water partition coefficient (Wildman–Crippen LogP) is 5.17. The monoisotopic (exact) mass is 466 g/mol. The second-order valence-corrected chi connectivity index (χ2v) is 8.92. The van der Waals surface area contributed by atoms with Gasteiger partial charge in [0.25, 0.3) is 0 Å². The van der Waals surface area contributed by atoms with Crippen LogP contribution in [0.15, 0.2) is 30.6 Å². The lowest BCUT2D eigenvalue weighted by atomic mass is 10.0. The molecule has 4 rings (SSSR count). The molecule has 164 valence electrons. The van der Waals surface area contributed by atoms with E-state index in [9.17, 15) is 4.79 Å². The van der Waals surface area contributed by atoms with Crippen LogP contribution in [0.25, 0.3) is 16.7 Å². The lowest BCUT2D eigenvalue weighted by molar-refractivity contribution is -0.0338. The van der Waals surface area contributed by atoms with Gasteiger partial charge in [-0.2, -0.15) is 0 Å². The Kier molecular flexibility index (Phi) is 5.81. The molecule has 10 heteroatoms. The van der Waals surface area contributed by atoms with Gasteiger partial charge < -0.3 is 9.47 Å². The van der Waals surface area contributed by atoms with E-state index in [4.69, 9.17) is 32.7 Å². The van der Waals surface area contributed by atoms with Crippen LogP contribution in [0.4, 0.5) is 9.18 Å². The van der Waals surface area contributed by atoms with Crippen molar-refractivity contribution >= 4 is 40.3 Å². The first-order valence-electron chi connectivity index (χ1n) is 9.70. The Morgan fingerprint density at radius 2 is 2.03 bits per heavy atom. The molecule has 31 heavy (non-hydrogen) atoms. The Morgan fingerprint density at radius 3 is 2.74 bits per heavy atom. The van der Waals surface area contributed by atoms with Gasteiger partial charge in [0.15, 0.2) is 5.65 Å². The number of halogens is 3. The van der Waals surface area contributed by atoms with Crippen LogP contribution < -0.4 is 0 Å². The molecule has 0 aliphatic carbocycles. The molecule has 0 saturated carbocycles. The third kappa shape index (κ3) is 4.33. The number of nitrogens with zero attached hydrogens (tertiary/aromatic N) is 4. The summed E-state index contributed by atoms with van der Waals surface area (Å²) in [6, 6.07) is 5.70. The minimum Gasteiger partial charge on any atom is -0.444 e. The zero-order valence-electron chi connectivity index (χ0n) is 17.2. The number of benzene rings is 1. The SMILES string of the molecule is CC(C)(C)OC(=O)N1CCOCC1c1ccc(-n2c(Cl)cc3c(Cl)ncnc32)cc1F. The van der Waals surface area contributed by atoms with Crippen molar-refractivity contribution in [1.82, 2.24) is 19.4 Å². The lowest BCUT2D eigenvalue weighted by Gasteiger charge is -2.37. The first-order chi connectivity index (χ1) is 14.7. The van der Waals surface area contributed by atoms with Crippen molar-refractivity contribution in [3.63, 3.8) is 0 Å².